The summed E-state index contributed by atoms with van der Waals surface area (Å²) >= 11 is 0. The van der Waals surface area contributed by atoms with E-state index in [9.17, 15) is 15.0 Å². The Morgan fingerprint density at radius 1 is 0.750 bits per heavy atom. The van der Waals surface area contributed by atoms with Gasteiger partial charge in [-0.25, -0.2) is 5.43 Å². The van der Waals surface area contributed by atoms with Crippen LogP contribution in [0.2, 0.25) is 0 Å². The lowest BCUT2D eigenvalue weighted by molar-refractivity contribution is 0.0955. The summed E-state index contributed by atoms with van der Waals surface area (Å²) in [6.07, 6.45) is 2.88. The number of nitrogens with zero attached hydrogens (tertiary/aromatic N) is 2. The fraction of sp³-hybridized carbons (Fsp3) is 0. The molecule has 0 aliphatic heterocycles. The Kier molecular flexibility index (Phi) is 5.99. The minimum absolute atomic E-state index is 0.0836. The Morgan fingerprint density at radius 3 is 1.86 bits per heavy atom. The summed E-state index contributed by atoms with van der Waals surface area (Å²) in [6.45, 7) is 0. The molecule has 3 rings (SSSR count). The summed E-state index contributed by atoms with van der Waals surface area (Å²) in [6, 6.07) is 20.2. The van der Waals surface area contributed by atoms with Crippen LogP contribution in [0.5, 0.6) is 11.5 Å². The molecule has 0 aliphatic carbocycles. The quantitative estimate of drug-likeness (QED) is 0.392. The van der Waals surface area contributed by atoms with E-state index in [1.54, 1.807) is 66.7 Å². The van der Waals surface area contributed by atoms with E-state index in [4.69, 9.17) is 0 Å². The van der Waals surface area contributed by atoms with Crippen LogP contribution < -0.4 is 10.9 Å². The number of anilines is 1. The summed E-state index contributed by atoms with van der Waals surface area (Å²) in [5.41, 5.74) is 7.43. The van der Waals surface area contributed by atoms with Crippen molar-refractivity contribution in [2.45, 2.75) is 0 Å². The Balaban J connectivity index is 1.55. The van der Waals surface area contributed by atoms with Crippen molar-refractivity contribution in [1.29, 1.82) is 0 Å². The van der Waals surface area contributed by atoms with Crippen molar-refractivity contribution in [2.75, 3.05) is 5.43 Å². The van der Waals surface area contributed by atoms with Crippen molar-refractivity contribution in [3.63, 3.8) is 0 Å². The molecule has 0 bridgehead atoms. The number of phenolic OH excluding ortho intramolecular Hbond substituents is 2. The average molecular weight is 374 g/mol. The summed E-state index contributed by atoms with van der Waals surface area (Å²) in [4.78, 5) is 12.1. The number of para-hydroxylation sites is 2. The predicted molar refractivity (Wildman–Crippen MR) is 109 cm³/mol. The highest BCUT2D eigenvalue weighted by molar-refractivity contribution is 5.95. The van der Waals surface area contributed by atoms with Crippen LogP contribution in [0.15, 0.2) is 83.0 Å². The van der Waals surface area contributed by atoms with E-state index in [1.807, 2.05) is 0 Å². The third-order valence-electron chi connectivity index (χ3n) is 3.79. The lowest BCUT2D eigenvalue weighted by atomic mass is 10.2. The van der Waals surface area contributed by atoms with Crippen LogP contribution in [0.25, 0.3) is 0 Å². The van der Waals surface area contributed by atoms with Crippen LogP contribution in [0.4, 0.5) is 5.69 Å². The van der Waals surface area contributed by atoms with Crippen LogP contribution in [-0.2, 0) is 0 Å². The van der Waals surface area contributed by atoms with Crippen LogP contribution in [0.3, 0.4) is 0 Å². The normalized spacial score (nSPS) is 11.0. The van der Waals surface area contributed by atoms with E-state index in [0.29, 0.717) is 22.4 Å². The number of carbonyl (C=O) groups is 1. The van der Waals surface area contributed by atoms with Crippen molar-refractivity contribution in [3.05, 3.63) is 89.5 Å². The third-order valence-corrected chi connectivity index (χ3v) is 3.79. The number of rotatable bonds is 6. The zero-order valence-electron chi connectivity index (χ0n) is 14.8. The molecular formula is C21H18N4O3. The monoisotopic (exact) mass is 374 g/mol. The van der Waals surface area contributed by atoms with Gasteiger partial charge in [0, 0.05) is 16.7 Å². The van der Waals surface area contributed by atoms with Gasteiger partial charge in [0.15, 0.2) is 0 Å². The van der Waals surface area contributed by atoms with Crippen molar-refractivity contribution in [2.24, 2.45) is 10.2 Å². The van der Waals surface area contributed by atoms with Gasteiger partial charge in [-0.3, -0.25) is 10.2 Å². The zero-order valence-corrected chi connectivity index (χ0v) is 14.8. The highest BCUT2D eigenvalue weighted by Crippen LogP contribution is 2.14. The van der Waals surface area contributed by atoms with Gasteiger partial charge in [0.1, 0.15) is 11.5 Å². The van der Waals surface area contributed by atoms with Gasteiger partial charge in [0.2, 0.25) is 0 Å². The standard InChI is InChI=1S/C21H18N4O3/c26-19-7-3-1-5-16(19)13-22-24-18-11-9-15(10-12-18)21(28)25-23-14-17-6-2-4-8-20(17)27/h1-14,24,26-27H,(H,25,28)/b22-13+,23-14+. The number of hydrogen-bond acceptors (Lipinski definition) is 6. The molecule has 3 aromatic carbocycles. The molecule has 0 heterocycles. The molecule has 0 saturated carbocycles. The molecule has 1 amide bonds. The second-order valence-corrected chi connectivity index (χ2v) is 5.76. The van der Waals surface area contributed by atoms with Gasteiger partial charge in [0.05, 0.1) is 18.1 Å². The molecule has 28 heavy (non-hydrogen) atoms. The molecule has 140 valence electrons. The molecule has 0 unspecified atom stereocenters. The van der Waals surface area contributed by atoms with Crippen molar-refractivity contribution >= 4 is 24.0 Å². The van der Waals surface area contributed by atoms with Crippen LogP contribution in [-0.4, -0.2) is 28.5 Å². The maximum absolute atomic E-state index is 12.1. The summed E-state index contributed by atoms with van der Waals surface area (Å²) < 4.78 is 0. The number of hydrogen-bond donors (Lipinski definition) is 4. The molecule has 0 saturated heterocycles. The number of nitrogens with one attached hydrogen (secondary N) is 2. The highest BCUT2D eigenvalue weighted by atomic mass is 16.3. The lowest BCUT2D eigenvalue weighted by Gasteiger charge is -2.03. The summed E-state index contributed by atoms with van der Waals surface area (Å²) in [7, 11) is 0. The molecule has 7 nitrogen and oxygen atoms in total. The molecule has 3 aromatic rings. The van der Waals surface area contributed by atoms with E-state index in [0.717, 1.165) is 0 Å². The number of amides is 1. The fourth-order valence-electron chi connectivity index (χ4n) is 2.29. The second-order valence-electron chi connectivity index (χ2n) is 5.76. The maximum Gasteiger partial charge on any atom is 0.271 e. The van der Waals surface area contributed by atoms with Crippen LogP contribution in [0.1, 0.15) is 21.5 Å². The Labute approximate surface area is 161 Å². The number of hydrazone groups is 2. The summed E-state index contributed by atoms with van der Waals surface area (Å²) in [5, 5.41) is 27.2. The molecule has 7 heteroatoms. The van der Waals surface area contributed by atoms with E-state index in [2.05, 4.69) is 21.1 Å². The van der Waals surface area contributed by atoms with Gasteiger partial charge in [-0.1, -0.05) is 24.3 Å². The fourth-order valence-corrected chi connectivity index (χ4v) is 2.29. The first kappa shape index (κ1) is 18.7. The number of carbonyl (C=O) groups excluding carboxylic acids is 1. The molecule has 0 spiro atoms. The highest BCUT2D eigenvalue weighted by Gasteiger charge is 2.04. The van der Waals surface area contributed by atoms with Gasteiger partial charge in [-0.15, -0.1) is 0 Å². The van der Waals surface area contributed by atoms with Crippen LogP contribution >= 0.6 is 0 Å². The van der Waals surface area contributed by atoms with E-state index in [-0.39, 0.29) is 17.4 Å². The zero-order chi connectivity index (χ0) is 19.8. The Bertz CT molecular complexity index is 1010. The first-order valence-electron chi connectivity index (χ1n) is 8.42. The van der Waals surface area contributed by atoms with Crippen molar-refractivity contribution < 1.29 is 15.0 Å². The minimum atomic E-state index is -0.379. The number of phenols is 2. The first-order chi connectivity index (χ1) is 13.6. The predicted octanol–water partition coefficient (Wildman–Crippen LogP) is 3.31. The Morgan fingerprint density at radius 2 is 1.29 bits per heavy atom. The maximum atomic E-state index is 12.1. The Hall–Kier alpha value is -4.13. The second kappa shape index (κ2) is 9.00. The van der Waals surface area contributed by atoms with E-state index >= 15 is 0 Å². The van der Waals surface area contributed by atoms with Crippen molar-refractivity contribution in [1.82, 2.24) is 5.43 Å². The largest absolute Gasteiger partial charge is 0.507 e. The molecule has 0 fully saturated rings. The van der Waals surface area contributed by atoms with Gasteiger partial charge < -0.3 is 10.2 Å². The van der Waals surface area contributed by atoms with Gasteiger partial charge in [0.25, 0.3) is 5.91 Å². The van der Waals surface area contributed by atoms with E-state index < -0.39 is 0 Å². The molecular weight excluding hydrogens is 356 g/mol. The average Bonchev–Trinajstić information content (AvgIpc) is 2.71. The molecule has 0 radical (unpaired) electrons. The topological polar surface area (TPSA) is 106 Å². The van der Waals surface area contributed by atoms with Gasteiger partial charge in [-0.2, -0.15) is 10.2 Å². The molecule has 0 aromatic heterocycles. The minimum Gasteiger partial charge on any atom is -0.507 e. The smallest absolute Gasteiger partial charge is 0.271 e. The SMILES string of the molecule is O=C(N/N=C/c1ccccc1O)c1ccc(N/N=C/c2ccccc2O)cc1. The number of benzene rings is 3. The van der Waals surface area contributed by atoms with E-state index in [1.165, 1.54) is 18.5 Å². The third kappa shape index (κ3) is 4.95. The van der Waals surface area contributed by atoms with Gasteiger partial charge >= 0.3 is 0 Å². The first-order valence-corrected chi connectivity index (χ1v) is 8.42. The number of aromatic hydroxyl groups is 2. The van der Waals surface area contributed by atoms with Crippen LogP contribution in [0, 0.1) is 0 Å². The lowest BCUT2D eigenvalue weighted by Crippen LogP contribution is -2.17. The van der Waals surface area contributed by atoms with Crippen molar-refractivity contribution in [3.8, 4) is 11.5 Å². The molecule has 4 N–H and O–H groups in total. The summed E-state index contributed by atoms with van der Waals surface area (Å²) in [5.74, 6) is -0.152. The van der Waals surface area contributed by atoms with Gasteiger partial charge in [-0.05, 0) is 48.5 Å². The molecule has 0 aliphatic rings. The molecule has 0 atom stereocenters.